The van der Waals surface area contributed by atoms with Crippen molar-refractivity contribution in [1.29, 1.82) is 0 Å². The number of hydrogen-bond donors (Lipinski definition) is 3. The quantitative estimate of drug-likeness (QED) is 0.0414. The molecule has 2 aliphatic carbocycles. The second kappa shape index (κ2) is 35.1. The number of amides is 2. The van der Waals surface area contributed by atoms with Gasteiger partial charge in [0.05, 0.1) is 26.4 Å². The summed E-state index contributed by atoms with van der Waals surface area (Å²) in [4.78, 5) is 39.9. The maximum atomic E-state index is 13.5. The van der Waals surface area contributed by atoms with Gasteiger partial charge in [0, 0.05) is 51.5 Å². The van der Waals surface area contributed by atoms with Crippen LogP contribution in [0.3, 0.4) is 0 Å². The SMILES string of the molecule is CNCCCOCCOCCOCCCNC(=O)[C@H](CCCCNC(=O)CC(C)CCCC(C)CCC1=C(C)CCCC1(C)C)CC(=O)CC(C)CCCC(C)CCC1=C(C)CCCC1(C)C. The Morgan fingerprint density at radius 3 is 1.49 bits per heavy atom. The van der Waals surface area contributed by atoms with Crippen LogP contribution in [0.2, 0.25) is 0 Å². The fourth-order valence-corrected chi connectivity index (χ4v) is 11.0. The third-order valence-corrected chi connectivity index (χ3v) is 15.4. The first-order valence-corrected chi connectivity index (χ1v) is 27.8. The molecule has 0 saturated heterocycles. The fraction of sp³-hybridized carbons (Fsp3) is 0.879. The summed E-state index contributed by atoms with van der Waals surface area (Å²) >= 11 is 0. The molecular formula is C58H107N3O6. The largest absolute Gasteiger partial charge is 0.379 e. The molecule has 390 valence electrons. The summed E-state index contributed by atoms with van der Waals surface area (Å²) in [6, 6.07) is 0. The first-order valence-electron chi connectivity index (χ1n) is 27.8. The lowest BCUT2D eigenvalue weighted by Crippen LogP contribution is -2.33. The Balaban J connectivity index is 1.73. The number of carbonyl (C=O) groups excluding carboxylic acids is 3. The summed E-state index contributed by atoms with van der Waals surface area (Å²) < 4.78 is 16.9. The van der Waals surface area contributed by atoms with E-state index in [-0.39, 0.29) is 29.9 Å². The molecule has 0 aromatic heterocycles. The van der Waals surface area contributed by atoms with E-state index in [1.807, 2.05) is 7.05 Å². The molecule has 9 heteroatoms. The van der Waals surface area contributed by atoms with Crippen molar-refractivity contribution in [3.8, 4) is 0 Å². The lowest BCUT2D eigenvalue weighted by atomic mass is 9.70. The molecule has 0 aliphatic heterocycles. The van der Waals surface area contributed by atoms with Gasteiger partial charge in [-0.25, -0.2) is 0 Å². The molecular weight excluding hydrogens is 835 g/mol. The number of Topliss-reactive ketones (excluding diaryl/α,β-unsaturated/α-hetero) is 1. The zero-order valence-corrected chi connectivity index (χ0v) is 45.7. The second-order valence-electron chi connectivity index (χ2n) is 23.0. The van der Waals surface area contributed by atoms with Gasteiger partial charge >= 0.3 is 0 Å². The van der Waals surface area contributed by atoms with Crippen molar-refractivity contribution in [3.05, 3.63) is 22.3 Å². The molecule has 0 heterocycles. The summed E-state index contributed by atoms with van der Waals surface area (Å²) in [7, 11) is 1.94. The summed E-state index contributed by atoms with van der Waals surface area (Å²) in [6.45, 7) is 29.1. The van der Waals surface area contributed by atoms with Crippen LogP contribution < -0.4 is 16.0 Å². The van der Waals surface area contributed by atoms with Gasteiger partial charge in [0.25, 0.3) is 0 Å². The molecule has 4 unspecified atom stereocenters. The Bertz CT molecular complexity index is 1440. The van der Waals surface area contributed by atoms with Crippen molar-refractivity contribution in [2.45, 2.75) is 223 Å². The molecule has 9 nitrogen and oxygen atoms in total. The van der Waals surface area contributed by atoms with E-state index in [4.69, 9.17) is 14.2 Å². The van der Waals surface area contributed by atoms with Crippen LogP contribution in [0.25, 0.3) is 0 Å². The number of hydrogen-bond acceptors (Lipinski definition) is 7. The van der Waals surface area contributed by atoms with E-state index in [0.29, 0.717) is 106 Å². The van der Waals surface area contributed by atoms with Crippen LogP contribution in [0.15, 0.2) is 22.3 Å². The first-order chi connectivity index (χ1) is 31.9. The van der Waals surface area contributed by atoms with Crippen molar-refractivity contribution >= 4 is 17.6 Å². The van der Waals surface area contributed by atoms with Gasteiger partial charge < -0.3 is 30.2 Å². The monoisotopic (exact) mass is 942 g/mol. The third kappa shape index (κ3) is 27.8. The first kappa shape index (κ1) is 61.1. The molecule has 2 amide bonds. The number of ether oxygens (including phenoxy) is 3. The van der Waals surface area contributed by atoms with Gasteiger partial charge in [0.1, 0.15) is 5.78 Å². The van der Waals surface area contributed by atoms with E-state index in [2.05, 4.69) is 85.2 Å². The molecule has 67 heavy (non-hydrogen) atoms. The van der Waals surface area contributed by atoms with Gasteiger partial charge in [-0.05, 0) is 152 Å². The summed E-state index contributed by atoms with van der Waals surface area (Å²) in [5, 5.41) is 9.36. The smallest absolute Gasteiger partial charge is 0.223 e. The number of carbonyl (C=O) groups is 3. The van der Waals surface area contributed by atoms with Crippen LogP contribution >= 0.6 is 0 Å². The van der Waals surface area contributed by atoms with Crippen molar-refractivity contribution in [2.24, 2.45) is 40.4 Å². The lowest BCUT2D eigenvalue weighted by molar-refractivity contribution is -0.130. The molecule has 0 fully saturated rings. The van der Waals surface area contributed by atoms with Crippen LogP contribution in [0.1, 0.15) is 223 Å². The van der Waals surface area contributed by atoms with E-state index in [1.54, 1.807) is 22.3 Å². The lowest BCUT2D eigenvalue weighted by Gasteiger charge is -2.35. The molecule has 0 aromatic carbocycles. The normalized spacial score (nSPS) is 18.4. The van der Waals surface area contributed by atoms with Crippen molar-refractivity contribution in [2.75, 3.05) is 66.3 Å². The Kier molecular flexibility index (Phi) is 32.0. The molecule has 3 N–H and O–H groups in total. The summed E-state index contributed by atoms with van der Waals surface area (Å²) in [5.41, 5.74) is 7.36. The van der Waals surface area contributed by atoms with Gasteiger partial charge in [-0.15, -0.1) is 0 Å². The van der Waals surface area contributed by atoms with Crippen LogP contribution in [0, 0.1) is 40.4 Å². The molecule has 2 aliphatic rings. The highest BCUT2D eigenvalue weighted by Gasteiger charge is 2.29. The highest BCUT2D eigenvalue weighted by Crippen LogP contribution is 2.44. The van der Waals surface area contributed by atoms with Crippen molar-refractivity contribution in [3.63, 3.8) is 0 Å². The van der Waals surface area contributed by atoms with Crippen molar-refractivity contribution in [1.82, 2.24) is 16.0 Å². The summed E-state index contributed by atoms with van der Waals surface area (Å²) in [5.74, 6) is 1.96. The zero-order valence-electron chi connectivity index (χ0n) is 45.7. The average Bonchev–Trinajstić information content (AvgIpc) is 3.25. The number of ketones is 1. The molecule has 0 bridgehead atoms. The number of unbranched alkanes of at least 4 members (excludes halogenated alkanes) is 1. The number of rotatable bonds is 40. The van der Waals surface area contributed by atoms with Gasteiger partial charge in [0.2, 0.25) is 11.8 Å². The molecule has 0 radical (unpaired) electrons. The Labute approximate surface area is 413 Å². The average molecular weight is 943 g/mol. The fourth-order valence-electron chi connectivity index (χ4n) is 11.0. The van der Waals surface area contributed by atoms with Gasteiger partial charge in [0.15, 0.2) is 0 Å². The van der Waals surface area contributed by atoms with Gasteiger partial charge in [-0.1, -0.05) is 123 Å². The standard InChI is InChI=1S/C58H107N3O6/c1-45(27-29-53-49(5)24-16-31-57(53,7)8)20-14-22-47(3)42-52(62)44-51(56(64)61-35-19-37-66-39-41-67-40-38-65-36-18-33-59-11)26-12-13-34-60-55(63)43-48(4)23-15-21-46(2)28-30-54-50(6)25-17-32-58(54,9)10/h45-48,51,59H,12-44H2,1-11H3,(H,60,63)(H,61,64)/t45?,46?,47?,48?,51-/m1/s1. The van der Waals surface area contributed by atoms with Crippen LogP contribution in [0.4, 0.5) is 0 Å². The molecule has 0 saturated carbocycles. The van der Waals surface area contributed by atoms with Crippen LogP contribution in [-0.2, 0) is 28.6 Å². The minimum atomic E-state index is -0.357. The molecule has 0 aromatic rings. The van der Waals surface area contributed by atoms with Crippen LogP contribution in [-0.4, -0.2) is 83.9 Å². The van der Waals surface area contributed by atoms with E-state index in [0.717, 1.165) is 51.7 Å². The Morgan fingerprint density at radius 1 is 0.522 bits per heavy atom. The maximum Gasteiger partial charge on any atom is 0.223 e. The topological polar surface area (TPSA) is 115 Å². The third-order valence-electron chi connectivity index (χ3n) is 15.4. The van der Waals surface area contributed by atoms with E-state index in [9.17, 15) is 14.4 Å². The molecule has 2 rings (SSSR count). The van der Waals surface area contributed by atoms with E-state index < -0.39 is 0 Å². The summed E-state index contributed by atoms with van der Waals surface area (Å²) in [6.07, 6.45) is 24.9. The molecule has 0 spiro atoms. The highest BCUT2D eigenvalue weighted by atomic mass is 16.5. The Morgan fingerprint density at radius 2 is 0.985 bits per heavy atom. The number of allylic oxidation sites excluding steroid dienone is 4. The predicted octanol–water partition coefficient (Wildman–Crippen LogP) is 13.3. The second-order valence-corrected chi connectivity index (χ2v) is 23.0. The van der Waals surface area contributed by atoms with Crippen LogP contribution in [0.5, 0.6) is 0 Å². The van der Waals surface area contributed by atoms with E-state index in [1.165, 1.54) is 83.5 Å². The minimum absolute atomic E-state index is 0.0448. The molecule has 5 atom stereocenters. The van der Waals surface area contributed by atoms with Gasteiger partial charge in [-0.2, -0.15) is 0 Å². The number of nitrogens with one attached hydrogen (secondary N) is 3. The maximum absolute atomic E-state index is 13.5. The zero-order chi connectivity index (χ0) is 49.5. The van der Waals surface area contributed by atoms with Crippen molar-refractivity contribution < 1.29 is 28.6 Å². The Hall–Kier alpha value is -2.07. The minimum Gasteiger partial charge on any atom is -0.379 e. The van der Waals surface area contributed by atoms with Gasteiger partial charge in [-0.3, -0.25) is 14.4 Å². The highest BCUT2D eigenvalue weighted by molar-refractivity contribution is 5.86. The van der Waals surface area contributed by atoms with E-state index >= 15 is 0 Å². The predicted molar refractivity (Wildman–Crippen MR) is 281 cm³/mol.